The number of hydrogen-bond donors (Lipinski definition) is 3. The van der Waals surface area contributed by atoms with Crippen molar-refractivity contribution < 1.29 is 9.90 Å². The normalized spacial score (nSPS) is 21.8. The molecular weight excluding hydrogens is 204 g/mol. The van der Waals surface area contributed by atoms with E-state index in [1.54, 1.807) is 0 Å². The summed E-state index contributed by atoms with van der Waals surface area (Å²) >= 11 is 0. The van der Waals surface area contributed by atoms with Gasteiger partial charge in [-0.05, 0) is 32.2 Å². The number of carbonyl (C=O) groups is 1. The minimum Gasteiger partial charge on any atom is -0.388 e. The molecule has 1 atom stereocenters. The van der Waals surface area contributed by atoms with Crippen LogP contribution in [0.2, 0.25) is 0 Å². The zero-order chi connectivity index (χ0) is 12.0. The van der Waals surface area contributed by atoms with Gasteiger partial charge in [0.2, 0.25) is 5.91 Å². The highest BCUT2D eigenvalue weighted by molar-refractivity contribution is 5.81. The molecule has 0 aromatic carbocycles. The van der Waals surface area contributed by atoms with Crippen LogP contribution in [0.25, 0.3) is 0 Å². The van der Waals surface area contributed by atoms with E-state index in [4.69, 9.17) is 0 Å². The van der Waals surface area contributed by atoms with Crippen molar-refractivity contribution in [2.45, 2.75) is 57.6 Å². The van der Waals surface area contributed by atoms with E-state index in [0.29, 0.717) is 19.4 Å². The Morgan fingerprint density at radius 2 is 2.12 bits per heavy atom. The molecule has 94 valence electrons. The first kappa shape index (κ1) is 13.5. The molecule has 1 aliphatic rings. The summed E-state index contributed by atoms with van der Waals surface area (Å²) in [5.74, 6) is 0.0278. The lowest BCUT2D eigenvalue weighted by Crippen LogP contribution is -2.50. The van der Waals surface area contributed by atoms with E-state index < -0.39 is 5.60 Å². The Kier molecular flexibility index (Phi) is 5.22. The van der Waals surface area contributed by atoms with E-state index >= 15 is 0 Å². The van der Waals surface area contributed by atoms with Crippen molar-refractivity contribution in [3.05, 3.63) is 0 Å². The molecule has 0 spiro atoms. The summed E-state index contributed by atoms with van der Waals surface area (Å²) < 4.78 is 0. The van der Waals surface area contributed by atoms with Gasteiger partial charge in [0, 0.05) is 6.54 Å². The smallest absolute Gasteiger partial charge is 0.237 e. The second kappa shape index (κ2) is 6.21. The van der Waals surface area contributed by atoms with Gasteiger partial charge in [-0.15, -0.1) is 0 Å². The molecule has 4 heteroatoms. The maximum absolute atomic E-state index is 11.8. The highest BCUT2D eigenvalue weighted by Crippen LogP contribution is 2.13. The van der Waals surface area contributed by atoms with E-state index in [9.17, 15) is 9.90 Å². The van der Waals surface area contributed by atoms with Gasteiger partial charge in [-0.25, -0.2) is 0 Å². The molecule has 1 aliphatic heterocycles. The summed E-state index contributed by atoms with van der Waals surface area (Å²) in [4.78, 5) is 11.8. The second-order valence-electron chi connectivity index (χ2n) is 4.65. The molecule has 0 saturated carbocycles. The van der Waals surface area contributed by atoms with Crippen LogP contribution in [0, 0.1) is 0 Å². The van der Waals surface area contributed by atoms with Crippen molar-refractivity contribution in [3.63, 3.8) is 0 Å². The first-order chi connectivity index (χ1) is 7.61. The summed E-state index contributed by atoms with van der Waals surface area (Å²) in [7, 11) is 0. The Balaban J connectivity index is 2.33. The molecule has 0 bridgehead atoms. The Bertz CT molecular complexity index is 221. The van der Waals surface area contributed by atoms with Crippen molar-refractivity contribution in [2.24, 2.45) is 0 Å². The van der Waals surface area contributed by atoms with Crippen LogP contribution in [0.15, 0.2) is 0 Å². The van der Waals surface area contributed by atoms with E-state index in [2.05, 4.69) is 10.6 Å². The lowest BCUT2D eigenvalue weighted by Gasteiger charge is -2.28. The lowest BCUT2D eigenvalue weighted by molar-refractivity contribution is -0.125. The Labute approximate surface area is 97.8 Å². The largest absolute Gasteiger partial charge is 0.388 e. The molecule has 1 saturated heterocycles. The van der Waals surface area contributed by atoms with Crippen LogP contribution in [0.3, 0.4) is 0 Å². The average molecular weight is 228 g/mol. The van der Waals surface area contributed by atoms with E-state index in [-0.39, 0.29) is 11.9 Å². The van der Waals surface area contributed by atoms with Gasteiger partial charge in [0.1, 0.15) is 0 Å². The highest BCUT2D eigenvalue weighted by atomic mass is 16.3. The predicted octanol–water partition coefficient (Wildman–Crippen LogP) is 0.796. The molecule has 0 radical (unpaired) electrons. The van der Waals surface area contributed by atoms with Crippen LogP contribution in [0.1, 0.15) is 46.0 Å². The number of nitrogens with one attached hydrogen (secondary N) is 2. The quantitative estimate of drug-likeness (QED) is 0.652. The van der Waals surface area contributed by atoms with Crippen LogP contribution in [-0.4, -0.2) is 35.7 Å². The second-order valence-corrected chi connectivity index (χ2v) is 4.65. The molecule has 4 nitrogen and oxygen atoms in total. The van der Waals surface area contributed by atoms with Gasteiger partial charge in [0.05, 0.1) is 11.6 Å². The lowest BCUT2D eigenvalue weighted by atomic mass is 9.97. The summed E-state index contributed by atoms with van der Waals surface area (Å²) in [5.41, 5.74) is -0.746. The highest BCUT2D eigenvalue weighted by Gasteiger charge is 2.25. The minimum absolute atomic E-state index is 0.0278. The summed E-state index contributed by atoms with van der Waals surface area (Å²) in [5, 5.41) is 16.1. The van der Waals surface area contributed by atoms with Gasteiger partial charge in [-0.1, -0.05) is 20.3 Å². The third-order valence-corrected chi connectivity index (χ3v) is 3.53. The van der Waals surface area contributed by atoms with Gasteiger partial charge >= 0.3 is 0 Å². The third-order valence-electron chi connectivity index (χ3n) is 3.53. The SMILES string of the molecule is CCC(O)(CC)CNC(=O)[C@H]1CCCCN1. The molecule has 1 rings (SSSR count). The van der Waals surface area contributed by atoms with Gasteiger partial charge in [0.25, 0.3) is 0 Å². The summed E-state index contributed by atoms with van der Waals surface area (Å²) in [6.45, 7) is 5.16. The first-order valence-electron chi connectivity index (χ1n) is 6.35. The van der Waals surface area contributed by atoms with Gasteiger partial charge in [-0.2, -0.15) is 0 Å². The van der Waals surface area contributed by atoms with E-state index in [1.165, 1.54) is 0 Å². The van der Waals surface area contributed by atoms with Crippen LogP contribution in [0.5, 0.6) is 0 Å². The molecule has 0 unspecified atom stereocenters. The first-order valence-corrected chi connectivity index (χ1v) is 6.35. The number of rotatable bonds is 5. The van der Waals surface area contributed by atoms with E-state index in [1.807, 2.05) is 13.8 Å². The van der Waals surface area contributed by atoms with Crippen LogP contribution in [-0.2, 0) is 4.79 Å². The molecule has 1 heterocycles. The fourth-order valence-electron chi connectivity index (χ4n) is 1.95. The molecule has 1 amide bonds. The van der Waals surface area contributed by atoms with Gasteiger partial charge in [-0.3, -0.25) is 4.79 Å². The summed E-state index contributed by atoms with van der Waals surface area (Å²) in [6.07, 6.45) is 4.50. The van der Waals surface area contributed by atoms with Crippen molar-refractivity contribution in [1.29, 1.82) is 0 Å². The minimum atomic E-state index is -0.746. The van der Waals surface area contributed by atoms with Gasteiger partial charge < -0.3 is 15.7 Å². The number of carbonyl (C=O) groups excluding carboxylic acids is 1. The van der Waals surface area contributed by atoms with Gasteiger partial charge in [0.15, 0.2) is 0 Å². The zero-order valence-electron chi connectivity index (χ0n) is 10.4. The molecule has 0 aliphatic carbocycles. The molecule has 0 aromatic rings. The molecule has 1 fully saturated rings. The topological polar surface area (TPSA) is 61.4 Å². The van der Waals surface area contributed by atoms with Crippen LogP contribution in [0.4, 0.5) is 0 Å². The average Bonchev–Trinajstić information content (AvgIpc) is 2.36. The number of amides is 1. The maximum atomic E-state index is 11.8. The molecule has 0 aromatic heterocycles. The number of piperidine rings is 1. The van der Waals surface area contributed by atoms with Crippen molar-refractivity contribution in [2.75, 3.05) is 13.1 Å². The maximum Gasteiger partial charge on any atom is 0.237 e. The predicted molar refractivity (Wildman–Crippen MR) is 64.2 cm³/mol. The Hall–Kier alpha value is -0.610. The summed E-state index contributed by atoms with van der Waals surface area (Å²) in [6, 6.07) is -0.0632. The fourth-order valence-corrected chi connectivity index (χ4v) is 1.95. The molecule has 3 N–H and O–H groups in total. The molecule has 16 heavy (non-hydrogen) atoms. The van der Waals surface area contributed by atoms with Crippen LogP contribution < -0.4 is 10.6 Å². The van der Waals surface area contributed by atoms with E-state index in [0.717, 1.165) is 25.8 Å². The zero-order valence-corrected chi connectivity index (χ0v) is 10.4. The fraction of sp³-hybridized carbons (Fsp3) is 0.917. The van der Waals surface area contributed by atoms with Crippen molar-refractivity contribution >= 4 is 5.91 Å². The Morgan fingerprint density at radius 1 is 1.44 bits per heavy atom. The number of hydrogen-bond acceptors (Lipinski definition) is 3. The Morgan fingerprint density at radius 3 is 2.62 bits per heavy atom. The van der Waals surface area contributed by atoms with Crippen molar-refractivity contribution in [3.8, 4) is 0 Å². The number of aliphatic hydroxyl groups is 1. The third kappa shape index (κ3) is 3.76. The van der Waals surface area contributed by atoms with Crippen molar-refractivity contribution in [1.82, 2.24) is 10.6 Å². The monoisotopic (exact) mass is 228 g/mol. The molecular formula is C12H24N2O2. The van der Waals surface area contributed by atoms with Crippen LogP contribution >= 0.6 is 0 Å². The standard InChI is InChI=1S/C12H24N2O2/c1-3-12(16,4-2)9-14-11(15)10-7-5-6-8-13-10/h10,13,16H,3-9H2,1-2H3,(H,14,15)/t10-/m1/s1.